The number of nitrogens with zero attached hydrogens (tertiary/aromatic N) is 3. The average Bonchev–Trinajstić information content (AvgIpc) is 2.59. The van der Waals surface area contributed by atoms with E-state index in [2.05, 4.69) is 15.4 Å². The van der Waals surface area contributed by atoms with E-state index in [-0.39, 0.29) is 21.3 Å². The molecule has 0 N–H and O–H groups in total. The molecule has 0 bridgehead atoms. The molecule has 2 aliphatic rings. The van der Waals surface area contributed by atoms with Crippen molar-refractivity contribution in [3.05, 3.63) is 21.8 Å². The fourth-order valence-electron chi connectivity index (χ4n) is 0.928. The summed E-state index contributed by atoms with van der Waals surface area (Å²) in [4.78, 5) is 0.335. The largest absolute Gasteiger partial charge is 0.212 e. The number of hydrogen-bond acceptors (Lipinski definition) is 4. The first-order valence-corrected chi connectivity index (χ1v) is 4.67. The van der Waals surface area contributed by atoms with Crippen LogP contribution in [-0.4, -0.2) is 14.8 Å². The Hall–Kier alpha value is -0.780. The molecule has 0 spiro atoms. The molecule has 0 saturated heterocycles. The maximum Gasteiger partial charge on any atom is 0.135 e. The Balaban J connectivity index is 2.65. The van der Waals surface area contributed by atoms with Gasteiger partial charge in [0.1, 0.15) is 11.4 Å². The molecule has 0 amide bonds. The van der Waals surface area contributed by atoms with Crippen molar-refractivity contribution in [2.75, 3.05) is 0 Å². The molecule has 13 heavy (non-hydrogen) atoms. The number of hydrogen-bond donors (Lipinski definition) is 0. The molecule has 0 radical (unpaired) electrons. The number of halogens is 2. The monoisotopic (exact) mass is 233 g/mol. The lowest BCUT2D eigenvalue weighted by Crippen LogP contribution is -2.11. The topological polar surface area (TPSA) is 54.1 Å². The van der Waals surface area contributed by atoms with E-state index in [9.17, 15) is 4.21 Å². The summed E-state index contributed by atoms with van der Waals surface area (Å²) in [6.45, 7) is 0. The van der Waals surface area contributed by atoms with Gasteiger partial charge in [0.05, 0.1) is 26.2 Å². The van der Waals surface area contributed by atoms with E-state index in [4.69, 9.17) is 23.2 Å². The van der Waals surface area contributed by atoms with E-state index in [1.807, 2.05) is 0 Å². The highest BCUT2D eigenvalue weighted by Gasteiger charge is 2.25. The van der Waals surface area contributed by atoms with Gasteiger partial charge < -0.3 is 0 Å². The Labute approximate surface area is 86.7 Å². The van der Waals surface area contributed by atoms with Gasteiger partial charge in [-0.25, -0.2) is 4.21 Å². The van der Waals surface area contributed by atoms with Crippen LogP contribution in [-0.2, 0) is 11.3 Å². The van der Waals surface area contributed by atoms with Crippen molar-refractivity contribution in [2.45, 2.75) is 0 Å². The Morgan fingerprint density at radius 3 is 2.77 bits per heavy atom. The van der Waals surface area contributed by atoms with Gasteiger partial charge in [0.2, 0.25) is 0 Å². The van der Waals surface area contributed by atoms with Gasteiger partial charge in [0.25, 0.3) is 0 Å². The third-order valence-corrected chi connectivity index (χ3v) is 2.99. The first-order valence-electron chi connectivity index (χ1n) is 3.17. The molecule has 0 aromatic heterocycles. The molecule has 66 valence electrons. The Morgan fingerprint density at radius 1 is 1.31 bits per heavy atom. The van der Waals surface area contributed by atoms with Crippen molar-refractivity contribution in [1.29, 1.82) is 0 Å². The molecule has 0 saturated carbocycles. The highest BCUT2D eigenvalue weighted by atomic mass is 35.5. The summed E-state index contributed by atoms with van der Waals surface area (Å²) in [5.74, 6) is 0. The molecular weight excluding hydrogens is 233 g/mol. The summed E-state index contributed by atoms with van der Waals surface area (Å²) in [7, 11) is 0. The van der Waals surface area contributed by atoms with Crippen LogP contribution in [0.2, 0.25) is 0 Å². The highest BCUT2D eigenvalue weighted by molar-refractivity contribution is 7.67. The van der Waals surface area contributed by atoms with E-state index >= 15 is 0 Å². The Bertz CT molecular complexity index is 456. The number of rotatable bonds is 0. The van der Waals surface area contributed by atoms with Crippen LogP contribution in [0.5, 0.6) is 0 Å². The molecule has 2 rings (SSSR count). The summed E-state index contributed by atoms with van der Waals surface area (Å²) in [5.41, 5.74) is 0.900. The van der Waals surface area contributed by atoms with E-state index < -0.39 is 0 Å². The molecule has 1 aliphatic heterocycles. The fraction of sp³-hybridized carbons (Fsp3) is 0. The zero-order valence-electron chi connectivity index (χ0n) is 5.99. The van der Waals surface area contributed by atoms with E-state index in [1.54, 1.807) is 0 Å². The van der Waals surface area contributed by atoms with Crippen molar-refractivity contribution in [3.63, 3.8) is 0 Å². The summed E-state index contributed by atoms with van der Waals surface area (Å²) < 4.78 is 10.6. The van der Waals surface area contributed by atoms with Gasteiger partial charge in [0.15, 0.2) is 0 Å². The Morgan fingerprint density at radius 2 is 2.08 bits per heavy atom. The van der Waals surface area contributed by atoms with Gasteiger partial charge in [-0.05, 0) is 11.3 Å². The summed E-state index contributed by atoms with van der Waals surface area (Å²) >= 11 is 11.9. The second kappa shape index (κ2) is 3.17. The van der Waals surface area contributed by atoms with Gasteiger partial charge in [-0.2, -0.15) is 0 Å². The molecule has 0 unspecified atom stereocenters. The van der Waals surface area contributed by atoms with Crippen LogP contribution in [0, 0.1) is 0 Å². The van der Waals surface area contributed by atoms with Gasteiger partial charge in [-0.3, -0.25) is 0 Å². The quantitative estimate of drug-likeness (QED) is 0.589. The Kier molecular flexibility index (Phi) is 2.15. The van der Waals surface area contributed by atoms with Gasteiger partial charge in [-0.15, -0.1) is 10.2 Å². The summed E-state index contributed by atoms with van der Waals surface area (Å²) in [6, 6.07) is 0. The lowest BCUT2D eigenvalue weighted by atomic mass is 10.1. The molecule has 0 aromatic rings. The molecule has 0 aromatic carbocycles. The van der Waals surface area contributed by atoms with E-state index in [1.165, 1.54) is 6.08 Å². The second-order valence-electron chi connectivity index (χ2n) is 2.24. The van der Waals surface area contributed by atoms with E-state index in [0.29, 0.717) is 16.3 Å². The maximum absolute atomic E-state index is 10.6. The van der Waals surface area contributed by atoms with Crippen LogP contribution in [0.3, 0.4) is 0 Å². The standard InChI is InChI=1S/C6HCl2N3OS/c7-4-3(13-12)1-2-6(5(4)8)10-11-9-2/h1H. The zero-order valence-corrected chi connectivity index (χ0v) is 8.32. The predicted molar refractivity (Wildman–Crippen MR) is 52.3 cm³/mol. The molecule has 0 fully saturated rings. The molecule has 1 heterocycles. The molecular formula is C6HCl2N3OS. The minimum Gasteiger partial charge on any atom is -0.212 e. The normalized spacial score (nSPS) is 20.0. The van der Waals surface area contributed by atoms with Gasteiger partial charge >= 0.3 is 0 Å². The molecule has 4 nitrogen and oxygen atoms in total. The molecule has 1 aliphatic carbocycles. The van der Waals surface area contributed by atoms with Crippen LogP contribution in [0.4, 0.5) is 0 Å². The second-order valence-corrected chi connectivity index (χ2v) is 3.61. The van der Waals surface area contributed by atoms with E-state index in [0.717, 1.165) is 0 Å². The molecule has 7 heteroatoms. The third-order valence-electron chi connectivity index (χ3n) is 1.51. The third kappa shape index (κ3) is 1.29. The van der Waals surface area contributed by atoms with Crippen LogP contribution in [0.1, 0.15) is 0 Å². The summed E-state index contributed by atoms with van der Waals surface area (Å²) in [5, 5.41) is 11.2. The van der Waals surface area contributed by atoms with Crippen LogP contribution < -0.4 is 0 Å². The fourth-order valence-corrected chi connectivity index (χ4v) is 1.79. The number of fused-ring (bicyclic) bond motifs is 1. The van der Waals surface area contributed by atoms with Crippen molar-refractivity contribution < 1.29 is 4.21 Å². The van der Waals surface area contributed by atoms with Crippen molar-refractivity contribution in [2.24, 2.45) is 15.4 Å². The minimum absolute atomic E-state index is 0.205. The zero-order chi connectivity index (χ0) is 9.42. The van der Waals surface area contributed by atoms with Gasteiger partial charge in [-0.1, -0.05) is 23.2 Å². The van der Waals surface area contributed by atoms with Crippen LogP contribution in [0.15, 0.2) is 37.3 Å². The number of allylic oxidation sites excluding steroid dienone is 3. The van der Waals surface area contributed by atoms with Crippen molar-refractivity contribution in [3.8, 4) is 0 Å². The smallest absolute Gasteiger partial charge is 0.135 e. The summed E-state index contributed by atoms with van der Waals surface area (Å²) in [6.07, 6.45) is 1.52. The lowest BCUT2D eigenvalue weighted by Gasteiger charge is -2.07. The van der Waals surface area contributed by atoms with Crippen LogP contribution >= 0.6 is 23.2 Å². The van der Waals surface area contributed by atoms with Crippen molar-refractivity contribution in [1.82, 2.24) is 0 Å². The van der Waals surface area contributed by atoms with Gasteiger partial charge in [0, 0.05) is 0 Å². The first kappa shape index (κ1) is 8.80. The van der Waals surface area contributed by atoms with Crippen LogP contribution in [0.25, 0.3) is 0 Å². The first-order chi connectivity index (χ1) is 6.24. The van der Waals surface area contributed by atoms with Crippen molar-refractivity contribution >= 4 is 45.0 Å². The average molecular weight is 234 g/mol. The molecule has 0 atom stereocenters. The maximum atomic E-state index is 10.6. The highest BCUT2D eigenvalue weighted by Crippen LogP contribution is 2.29. The lowest BCUT2D eigenvalue weighted by molar-refractivity contribution is 0.701. The predicted octanol–water partition coefficient (Wildman–Crippen LogP) is 1.78. The minimum atomic E-state index is 0.205. The SMILES string of the molecule is O=S=C1C=C2N=NN=C2C(Cl)=C1Cl.